The molecule has 1 fully saturated rings. The van der Waals surface area contributed by atoms with E-state index in [1.807, 2.05) is 25.7 Å². The van der Waals surface area contributed by atoms with Crippen LogP contribution in [0.1, 0.15) is 40.5 Å². The number of hydrogen-bond acceptors (Lipinski definition) is 3. The lowest BCUT2D eigenvalue weighted by molar-refractivity contribution is 0.00600. The fourth-order valence-corrected chi connectivity index (χ4v) is 1.95. The number of amides is 1. The Morgan fingerprint density at radius 2 is 2.06 bits per heavy atom. The van der Waals surface area contributed by atoms with Gasteiger partial charge in [-0.2, -0.15) is 0 Å². The lowest BCUT2D eigenvalue weighted by atomic mass is 9.94. The van der Waals surface area contributed by atoms with Gasteiger partial charge in [0.15, 0.2) is 0 Å². The number of hydrogen-bond donors (Lipinski definition) is 1. The number of nitrogens with two attached hydrogens (primary N) is 1. The molecule has 0 aromatic heterocycles. The first kappa shape index (κ1) is 13.3. The van der Waals surface area contributed by atoms with Crippen LogP contribution in [0.25, 0.3) is 0 Å². The quantitative estimate of drug-likeness (QED) is 0.746. The van der Waals surface area contributed by atoms with Crippen LogP contribution >= 0.6 is 0 Å². The van der Waals surface area contributed by atoms with Crippen LogP contribution in [0.4, 0.5) is 4.79 Å². The Balaban J connectivity index is 2.59. The van der Waals surface area contributed by atoms with Crippen LogP contribution in [0.2, 0.25) is 0 Å². The Kier molecular flexibility index (Phi) is 4.19. The van der Waals surface area contributed by atoms with Gasteiger partial charge in [-0.3, -0.25) is 0 Å². The van der Waals surface area contributed by atoms with E-state index >= 15 is 0 Å². The Labute approximate surface area is 98.1 Å². The molecule has 1 saturated heterocycles. The molecule has 1 heterocycles. The molecule has 94 valence electrons. The second-order valence-corrected chi connectivity index (χ2v) is 5.66. The number of carbonyl (C=O) groups excluding carboxylic acids is 1. The van der Waals surface area contributed by atoms with Gasteiger partial charge in [-0.15, -0.1) is 0 Å². The van der Waals surface area contributed by atoms with Crippen molar-refractivity contribution < 1.29 is 9.53 Å². The number of carbonyl (C=O) groups is 1. The molecule has 0 aliphatic carbocycles. The maximum atomic E-state index is 11.9. The second kappa shape index (κ2) is 5.04. The number of ether oxygens (including phenoxy) is 1. The van der Waals surface area contributed by atoms with E-state index in [1.54, 1.807) is 0 Å². The van der Waals surface area contributed by atoms with Gasteiger partial charge in [0.25, 0.3) is 0 Å². The van der Waals surface area contributed by atoms with Crippen LogP contribution < -0.4 is 5.73 Å². The summed E-state index contributed by atoms with van der Waals surface area (Å²) in [5.41, 5.74) is 5.24. The topological polar surface area (TPSA) is 55.6 Å². The molecule has 16 heavy (non-hydrogen) atoms. The first-order chi connectivity index (χ1) is 7.33. The highest BCUT2D eigenvalue weighted by Crippen LogP contribution is 2.23. The zero-order valence-corrected chi connectivity index (χ0v) is 10.8. The summed E-state index contributed by atoms with van der Waals surface area (Å²) in [6, 6.07) is 0.262. The summed E-state index contributed by atoms with van der Waals surface area (Å²) < 4.78 is 5.39. The van der Waals surface area contributed by atoms with Crippen LogP contribution in [-0.2, 0) is 4.74 Å². The van der Waals surface area contributed by atoms with Gasteiger partial charge in [0.05, 0.1) is 0 Å². The van der Waals surface area contributed by atoms with Gasteiger partial charge in [0.2, 0.25) is 0 Å². The standard InChI is InChI=1S/C12H24N2O2/c1-9-5-6-10(7-13)8-14(9)11(15)16-12(2,3)4/h9-10H,5-8,13H2,1-4H3/t9-,10-/m1/s1. The predicted molar refractivity (Wildman–Crippen MR) is 64.2 cm³/mol. The highest BCUT2D eigenvalue weighted by Gasteiger charge is 2.31. The molecule has 1 rings (SSSR count). The highest BCUT2D eigenvalue weighted by atomic mass is 16.6. The molecule has 1 amide bonds. The van der Waals surface area contributed by atoms with Gasteiger partial charge in [0, 0.05) is 12.6 Å². The molecule has 1 aliphatic heterocycles. The molecule has 0 spiro atoms. The van der Waals surface area contributed by atoms with Crippen molar-refractivity contribution in [1.29, 1.82) is 0 Å². The molecular weight excluding hydrogens is 204 g/mol. The van der Waals surface area contributed by atoms with E-state index < -0.39 is 5.60 Å². The van der Waals surface area contributed by atoms with Gasteiger partial charge in [-0.05, 0) is 53.0 Å². The average Bonchev–Trinajstić information content (AvgIpc) is 2.15. The minimum atomic E-state index is -0.424. The average molecular weight is 228 g/mol. The van der Waals surface area contributed by atoms with Crippen molar-refractivity contribution in [2.75, 3.05) is 13.1 Å². The van der Waals surface area contributed by atoms with E-state index in [1.165, 1.54) is 0 Å². The van der Waals surface area contributed by atoms with E-state index in [0.29, 0.717) is 12.5 Å². The smallest absolute Gasteiger partial charge is 0.410 e. The third-order valence-corrected chi connectivity index (χ3v) is 2.94. The van der Waals surface area contributed by atoms with Crippen LogP contribution in [0.3, 0.4) is 0 Å². The third-order valence-electron chi connectivity index (χ3n) is 2.94. The minimum Gasteiger partial charge on any atom is -0.444 e. The van der Waals surface area contributed by atoms with E-state index in [4.69, 9.17) is 10.5 Å². The van der Waals surface area contributed by atoms with Crippen molar-refractivity contribution in [2.45, 2.75) is 52.2 Å². The molecule has 0 aromatic carbocycles. The first-order valence-corrected chi connectivity index (χ1v) is 6.03. The van der Waals surface area contributed by atoms with Crippen LogP contribution in [0.5, 0.6) is 0 Å². The van der Waals surface area contributed by atoms with Crippen molar-refractivity contribution in [2.24, 2.45) is 11.7 Å². The molecule has 4 heteroatoms. The number of piperidine rings is 1. The van der Waals surface area contributed by atoms with Gasteiger partial charge in [-0.1, -0.05) is 0 Å². The Morgan fingerprint density at radius 1 is 1.44 bits per heavy atom. The summed E-state index contributed by atoms with van der Waals surface area (Å²) in [4.78, 5) is 13.8. The largest absolute Gasteiger partial charge is 0.444 e. The normalized spacial score (nSPS) is 26.7. The molecular formula is C12H24N2O2. The number of likely N-dealkylation sites (tertiary alicyclic amines) is 1. The van der Waals surface area contributed by atoms with Crippen molar-refractivity contribution >= 4 is 6.09 Å². The van der Waals surface area contributed by atoms with Gasteiger partial charge < -0.3 is 15.4 Å². The maximum absolute atomic E-state index is 11.9. The van der Waals surface area contributed by atoms with Crippen molar-refractivity contribution in [3.8, 4) is 0 Å². The van der Waals surface area contributed by atoms with Crippen molar-refractivity contribution in [3.63, 3.8) is 0 Å². The minimum absolute atomic E-state index is 0.210. The summed E-state index contributed by atoms with van der Waals surface area (Å²) in [6.45, 7) is 9.11. The predicted octanol–water partition coefficient (Wildman–Crippen LogP) is 1.98. The molecule has 0 aromatic rings. The number of rotatable bonds is 1. The first-order valence-electron chi connectivity index (χ1n) is 6.03. The van der Waals surface area contributed by atoms with E-state index in [2.05, 4.69) is 6.92 Å². The molecule has 1 aliphatic rings. The monoisotopic (exact) mass is 228 g/mol. The lowest BCUT2D eigenvalue weighted by Gasteiger charge is -2.38. The summed E-state index contributed by atoms with van der Waals surface area (Å²) in [6.07, 6.45) is 1.91. The second-order valence-electron chi connectivity index (χ2n) is 5.66. The van der Waals surface area contributed by atoms with Crippen LogP contribution in [-0.4, -0.2) is 35.7 Å². The molecule has 0 saturated carbocycles. The van der Waals surface area contributed by atoms with E-state index in [-0.39, 0.29) is 12.1 Å². The van der Waals surface area contributed by atoms with E-state index in [0.717, 1.165) is 19.4 Å². The maximum Gasteiger partial charge on any atom is 0.410 e. The van der Waals surface area contributed by atoms with Gasteiger partial charge in [-0.25, -0.2) is 4.79 Å². The molecule has 2 atom stereocenters. The third kappa shape index (κ3) is 3.67. The zero-order valence-electron chi connectivity index (χ0n) is 10.8. The number of nitrogens with zero attached hydrogens (tertiary/aromatic N) is 1. The molecule has 4 nitrogen and oxygen atoms in total. The molecule has 0 radical (unpaired) electrons. The Hall–Kier alpha value is -0.770. The molecule has 2 N–H and O–H groups in total. The van der Waals surface area contributed by atoms with Gasteiger partial charge in [0.1, 0.15) is 5.60 Å². The Morgan fingerprint density at radius 3 is 2.56 bits per heavy atom. The summed E-state index contributed by atoms with van der Waals surface area (Å²) in [5, 5.41) is 0. The lowest BCUT2D eigenvalue weighted by Crippen LogP contribution is -2.48. The summed E-state index contributed by atoms with van der Waals surface area (Å²) >= 11 is 0. The zero-order chi connectivity index (χ0) is 12.3. The van der Waals surface area contributed by atoms with Gasteiger partial charge >= 0.3 is 6.09 Å². The SMILES string of the molecule is C[C@@H]1CC[C@H](CN)CN1C(=O)OC(C)(C)C. The highest BCUT2D eigenvalue weighted by molar-refractivity contribution is 5.68. The summed E-state index contributed by atoms with van der Waals surface area (Å²) in [7, 11) is 0. The molecule has 0 bridgehead atoms. The van der Waals surface area contributed by atoms with E-state index in [9.17, 15) is 4.79 Å². The fourth-order valence-electron chi connectivity index (χ4n) is 1.95. The molecule has 0 unspecified atom stereocenters. The van der Waals surface area contributed by atoms with Crippen molar-refractivity contribution in [1.82, 2.24) is 4.90 Å². The van der Waals surface area contributed by atoms with Crippen LogP contribution in [0.15, 0.2) is 0 Å². The van der Waals surface area contributed by atoms with Crippen LogP contribution in [0, 0.1) is 5.92 Å². The fraction of sp³-hybridized carbons (Fsp3) is 0.917. The Bertz CT molecular complexity index is 248. The summed E-state index contributed by atoms with van der Waals surface area (Å²) in [5.74, 6) is 0.420. The van der Waals surface area contributed by atoms with Crippen molar-refractivity contribution in [3.05, 3.63) is 0 Å².